The zero-order valence-electron chi connectivity index (χ0n) is 15.7. The van der Waals surface area contributed by atoms with Gasteiger partial charge in [-0.2, -0.15) is 5.10 Å². The number of carbonyl (C=O) groups excluding carboxylic acids is 1. The molecule has 3 aromatic heterocycles. The van der Waals surface area contributed by atoms with Crippen LogP contribution in [0.4, 0.5) is 15.8 Å². The Labute approximate surface area is 167 Å². The molecule has 30 heavy (non-hydrogen) atoms. The summed E-state index contributed by atoms with van der Waals surface area (Å²) < 4.78 is 14.2. The molecule has 0 atom stereocenters. The van der Waals surface area contributed by atoms with Crippen LogP contribution in [0.5, 0.6) is 0 Å². The van der Waals surface area contributed by atoms with Gasteiger partial charge < -0.3 is 16.0 Å². The lowest BCUT2D eigenvalue weighted by atomic mass is 9.95. The summed E-state index contributed by atoms with van der Waals surface area (Å²) in [5.74, 6) is -0.720. The number of nitrogen functional groups attached to an aromatic ring is 1. The summed E-state index contributed by atoms with van der Waals surface area (Å²) in [7, 11) is 0. The molecule has 0 fully saturated rings. The van der Waals surface area contributed by atoms with Gasteiger partial charge in [-0.3, -0.25) is 19.7 Å². The second kappa shape index (κ2) is 6.38. The minimum atomic E-state index is -0.488. The molecule has 0 radical (unpaired) electrons. The van der Waals surface area contributed by atoms with Crippen molar-refractivity contribution in [3.8, 4) is 11.1 Å². The topological polar surface area (TPSA) is 130 Å². The van der Waals surface area contributed by atoms with Crippen LogP contribution in [0.25, 0.3) is 43.8 Å². The van der Waals surface area contributed by atoms with Crippen LogP contribution in [0.3, 0.4) is 0 Å². The predicted octanol–water partition coefficient (Wildman–Crippen LogP) is 3.30. The molecule has 0 saturated carbocycles. The van der Waals surface area contributed by atoms with Crippen LogP contribution in [-0.2, 0) is 4.79 Å². The van der Waals surface area contributed by atoms with Gasteiger partial charge in [0.2, 0.25) is 5.91 Å². The lowest BCUT2D eigenvalue weighted by Gasteiger charge is -2.15. The lowest BCUT2D eigenvalue weighted by molar-refractivity contribution is -0.114. The van der Waals surface area contributed by atoms with E-state index in [1.54, 1.807) is 30.5 Å². The van der Waals surface area contributed by atoms with Crippen molar-refractivity contribution in [1.82, 2.24) is 20.2 Å². The maximum Gasteiger partial charge on any atom is 0.272 e. The molecule has 0 unspecified atom stereocenters. The van der Waals surface area contributed by atoms with Crippen LogP contribution in [0.15, 0.2) is 47.5 Å². The van der Waals surface area contributed by atoms with Crippen LogP contribution >= 0.6 is 0 Å². The monoisotopic (exact) mass is 402 g/mol. The largest absolute Gasteiger partial charge is 0.394 e. The predicted molar refractivity (Wildman–Crippen MR) is 114 cm³/mol. The number of fused-ring (bicyclic) bond motifs is 4. The number of rotatable bonds is 2. The highest BCUT2D eigenvalue weighted by Gasteiger charge is 2.20. The number of H-pyrrole nitrogens is 2. The van der Waals surface area contributed by atoms with Crippen molar-refractivity contribution in [3.05, 3.63) is 58.9 Å². The highest BCUT2D eigenvalue weighted by atomic mass is 19.1. The van der Waals surface area contributed by atoms with Gasteiger partial charge in [-0.15, -0.1) is 0 Å². The smallest absolute Gasteiger partial charge is 0.272 e. The van der Waals surface area contributed by atoms with Gasteiger partial charge in [0, 0.05) is 34.8 Å². The Balaban J connectivity index is 1.99. The molecule has 9 heteroatoms. The van der Waals surface area contributed by atoms with Crippen LogP contribution in [0.1, 0.15) is 6.92 Å². The van der Waals surface area contributed by atoms with E-state index < -0.39 is 11.4 Å². The summed E-state index contributed by atoms with van der Waals surface area (Å²) in [4.78, 5) is 31.7. The number of nitrogens with one attached hydrogen (secondary N) is 3. The standard InChI is InChI=1S/C21H15FN6O2/c1-9(29)26-15-7-12-16(10-4-5-14(22)18-13(10)8-25-28-18)17(23)21(30)27-20(12)19-11(15)3-2-6-24-19/h2-8H,23H2,1H3,(H,25,28)(H,26,29)(H,27,30). The molecule has 0 aliphatic carbocycles. The van der Waals surface area contributed by atoms with Crippen LogP contribution < -0.4 is 16.6 Å². The fourth-order valence-corrected chi connectivity index (χ4v) is 3.81. The highest BCUT2D eigenvalue weighted by molar-refractivity contribution is 6.18. The molecule has 2 aromatic carbocycles. The molecule has 8 nitrogen and oxygen atoms in total. The Kier molecular flexibility index (Phi) is 3.78. The first kappa shape index (κ1) is 17.8. The number of benzene rings is 2. The van der Waals surface area contributed by atoms with Gasteiger partial charge in [0.1, 0.15) is 17.0 Å². The minimum Gasteiger partial charge on any atom is -0.394 e. The summed E-state index contributed by atoms with van der Waals surface area (Å²) >= 11 is 0. The zero-order chi connectivity index (χ0) is 21.0. The Bertz CT molecular complexity index is 1550. The average Bonchev–Trinajstić information content (AvgIpc) is 3.22. The quantitative estimate of drug-likeness (QED) is 0.337. The van der Waals surface area contributed by atoms with E-state index >= 15 is 0 Å². The summed E-state index contributed by atoms with van der Waals surface area (Å²) in [5.41, 5.74) is 8.34. The first-order valence-corrected chi connectivity index (χ1v) is 9.08. The van der Waals surface area contributed by atoms with Crippen LogP contribution in [-0.4, -0.2) is 26.1 Å². The second-order valence-corrected chi connectivity index (χ2v) is 6.92. The molecule has 3 heterocycles. The SMILES string of the molecule is CC(=O)Nc1cc2c(-c3ccc(F)c4[nH]ncc34)c(N)c(=O)[nH]c2c2ncccc12. The van der Waals surface area contributed by atoms with E-state index in [2.05, 4.69) is 25.5 Å². The number of hydrogen-bond acceptors (Lipinski definition) is 5. The molecule has 1 amide bonds. The number of nitrogens with zero attached hydrogens (tertiary/aromatic N) is 2. The van der Waals surface area contributed by atoms with Gasteiger partial charge in [0.05, 0.1) is 22.9 Å². The van der Waals surface area contributed by atoms with Gasteiger partial charge in [-0.1, -0.05) is 6.07 Å². The highest BCUT2D eigenvalue weighted by Crippen LogP contribution is 2.39. The maximum absolute atomic E-state index is 14.2. The van der Waals surface area contributed by atoms with E-state index in [-0.39, 0.29) is 17.1 Å². The number of aromatic nitrogens is 4. The van der Waals surface area contributed by atoms with Gasteiger partial charge in [0.15, 0.2) is 0 Å². The average molecular weight is 402 g/mol. The number of pyridine rings is 2. The van der Waals surface area contributed by atoms with Crippen LogP contribution in [0, 0.1) is 5.82 Å². The number of hydrogen-bond donors (Lipinski definition) is 4. The summed E-state index contributed by atoms with van der Waals surface area (Å²) in [5, 5.41) is 11.1. The molecular weight excluding hydrogens is 387 g/mol. The molecule has 0 aliphatic rings. The molecule has 5 rings (SSSR count). The number of nitrogens with two attached hydrogens (primary N) is 1. The second-order valence-electron chi connectivity index (χ2n) is 6.92. The van der Waals surface area contributed by atoms with Crippen molar-refractivity contribution in [3.63, 3.8) is 0 Å². The lowest BCUT2D eigenvalue weighted by Crippen LogP contribution is -2.14. The maximum atomic E-state index is 14.2. The Hall–Kier alpha value is -4.27. The molecule has 0 bridgehead atoms. The van der Waals surface area contributed by atoms with Crippen molar-refractivity contribution in [1.29, 1.82) is 0 Å². The van der Waals surface area contributed by atoms with Crippen molar-refractivity contribution < 1.29 is 9.18 Å². The molecule has 5 aromatic rings. The number of anilines is 2. The number of amides is 1. The third kappa shape index (κ3) is 2.52. The number of aromatic amines is 2. The fraction of sp³-hybridized carbons (Fsp3) is 0.0476. The molecule has 0 saturated heterocycles. The van der Waals surface area contributed by atoms with Crippen molar-refractivity contribution in [2.24, 2.45) is 0 Å². The normalized spacial score (nSPS) is 11.4. The van der Waals surface area contributed by atoms with Gasteiger partial charge >= 0.3 is 0 Å². The Morgan fingerprint density at radius 1 is 1.17 bits per heavy atom. The van der Waals surface area contributed by atoms with Crippen molar-refractivity contribution in [2.45, 2.75) is 6.92 Å². The molecule has 0 aliphatic heterocycles. The van der Waals surface area contributed by atoms with Crippen molar-refractivity contribution in [2.75, 3.05) is 11.1 Å². The first-order valence-electron chi connectivity index (χ1n) is 9.08. The molecule has 148 valence electrons. The van der Waals surface area contributed by atoms with Gasteiger partial charge in [0.25, 0.3) is 5.56 Å². The van der Waals surface area contributed by atoms with E-state index in [0.717, 1.165) is 0 Å². The third-order valence-electron chi connectivity index (χ3n) is 5.06. The minimum absolute atomic E-state index is 0.0272. The van der Waals surface area contributed by atoms with E-state index in [9.17, 15) is 14.0 Å². The Morgan fingerprint density at radius 3 is 2.80 bits per heavy atom. The van der Waals surface area contributed by atoms with Crippen LogP contribution in [0.2, 0.25) is 0 Å². The van der Waals surface area contributed by atoms with Gasteiger partial charge in [-0.25, -0.2) is 4.39 Å². The number of carbonyl (C=O) groups is 1. The zero-order valence-corrected chi connectivity index (χ0v) is 15.7. The van der Waals surface area contributed by atoms with E-state index in [0.29, 0.717) is 44.0 Å². The van der Waals surface area contributed by atoms with Gasteiger partial charge in [-0.05, 0) is 29.8 Å². The van der Waals surface area contributed by atoms with E-state index in [1.807, 2.05) is 0 Å². The summed E-state index contributed by atoms with van der Waals surface area (Å²) in [6.07, 6.45) is 3.08. The molecule has 0 spiro atoms. The summed E-state index contributed by atoms with van der Waals surface area (Å²) in [6, 6.07) is 8.12. The van der Waals surface area contributed by atoms with E-state index in [4.69, 9.17) is 5.73 Å². The number of halogens is 1. The first-order chi connectivity index (χ1) is 14.5. The summed E-state index contributed by atoms with van der Waals surface area (Å²) in [6.45, 7) is 1.41. The third-order valence-corrected chi connectivity index (χ3v) is 5.06. The Morgan fingerprint density at radius 2 is 2.00 bits per heavy atom. The fourth-order valence-electron chi connectivity index (χ4n) is 3.81. The van der Waals surface area contributed by atoms with Crippen molar-refractivity contribution >= 4 is 50.0 Å². The van der Waals surface area contributed by atoms with E-state index in [1.165, 1.54) is 19.2 Å². The molecular formula is C21H15FN6O2. The molecule has 5 N–H and O–H groups in total.